The molecule has 1 aliphatic carbocycles. The number of nitrogens with one attached hydrogen (secondary N) is 2. The van der Waals surface area contributed by atoms with E-state index in [-0.39, 0.29) is 0 Å². The number of nitrogens with zero attached hydrogens (tertiary/aromatic N) is 1. The molecule has 2 heterocycles. The summed E-state index contributed by atoms with van der Waals surface area (Å²) >= 11 is 0. The fourth-order valence-electron chi connectivity index (χ4n) is 3.18. The highest BCUT2D eigenvalue weighted by molar-refractivity contribution is 5.85. The lowest BCUT2D eigenvalue weighted by Crippen LogP contribution is -2.25. The standard InChI is InChI=1S/C16H17N3O/c1-2-6-14-12(4-1)13-5-3-7-15(16(13)18-14)17-10-11-8-9-20-19-11/h1-2,4,6,8-9,15,17-18H,3,5,7,10H2. The second-order valence-electron chi connectivity index (χ2n) is 5.38. The fourth-order valence-corrected chi connectivity index (χ4v) is 3.18. The van der Waals surface area contributed by atoms with Crippen molar-refractivity contribution in [3.05, 3.63) is 53.5 Å². The summed E-state index contributed by atoms with van der Waals surface area (Å²) in [5, 5.41) is 8.91. The Kier molecular flexibility index (Phi) is 2.81. The minimum atomic E-state index is 0.378. The first kappa shape index (κ1) is 11.7. The van der Waals surface area contributed by atoms with E-state index in [1.807, 2.05) is 6.07 Å². The van der Waals surface area contributed by atoms with Crippen molar-refractivity contribution in [2.24, 2.45) is 0 Å². The van der Waals surface area contributed by atoms with Gasteiger partial charge in [-0.15, -0.1) is 0 Å². The monoisotopic (exact) mass is 267 g/mol. The van der Waals surface area contributed by atoms with Crippen LogP contribution in [-0.2, 0) is 13.0 Å². The van der Waals surface area contributed by atoms with Crippen molar-refractivity contribution in [1.29, 1.82) is 0 Å². The molecule has 1 aliphatic rings. The van der Waals surface area contributed by atoms with E-state index in [9.17, 15) is 0 Å². The molecule has 0 spiro atoms. The molecule has 0 bridgehead atoms. The Bertz CT molecular complexity index is 714. The van der Waals surface area contributed by atoms with Crippen LogP contribution in [0.2, 0.25) is 0 Å². The molecule has 0 fully saturated rings. The molecule has 0 saturated heterocycles. The number of aryl methyl sites for hydroxylation is 1. The molecule has 4 rings (SSSR count). The highest BCUT2D eigenvalue weighted by Crippen LogP contribution is 2.34. The van der Waals surface area contributed by atoms with Crippen molar-refractivity contribution < 1.29 is 4.52 Å². The van der Waals surface area contributed by atoms with Crippen molar-refractivity contribution in [2.75, 3.05) is 0 Å². The summed E-state index contributed by atoms with van der Waals surface area (Å²) in [7, 11) is 0. The molecule has 20 heavy (non-hydrogen) atoms. The molecule has 2 aromatic heterocycles. The average molecular weight is 267 g/mol. The van der Waals surface area contributed by atoms with Gasteiger partial charge in [-0.1, -0.05) is 23.4 Å². The van der Waals surface area contributed by atoms with Gasteiger partial charge in [0.1, 0.15) is 6.26 Å². The molecular formula is C16H17N3O. The van der Waals surface area contributed by atoms with Crippen molar-refractivity contribution in [1.82, 2.24) is 15.5 Å². The molecule has 4 nitrogen and oxygen atoms in total. The Morgan fingerprint density at radius 1 is 1.30 bits per heavy atom. The molecular weight excluding hydrogens is 250 g/mol. The molecule has 0 aliphatic heterocycles. The first-order valence-electron chi connectivity index (χ1n) is 7.14. The number of aromatic nitrogens is 2. The maximum Gasteiger partial charge on any atom is 0.124 e. The van der Waals surface area contributed by atoms with Crippen LogP contribution in [0.5, 0.6) is 0 Å². The van der Waals surface area contributed by atoms with Crippen LogP contribution in [0.1, 0.15) is 35.8 Å². The van der Waals surface area contributed by atoms with Gasteiger partial charge in [0.05, 0.1) is 5.69 Å². The SMILES string of the molecule is c1ccc2c3c([nH]c2c1)C(NCc1ccon1)CCC3. The summed E-state index contributed by atoms with van der Waals surface area (Å²) < 4.78 is 4.87. The lowest BCUT2D eigenvalue weighted by Gasteiger charge is -2.23. The molecule has 0 saturated carbocycles. The Morgan fingerprint density at radius 2 is 2.25 bits per heavy atom. The van der Waals surface area contributed by atoms with E-state index in [4.69, 9.17) is 4.52 Å². The summed E-state index contributed by atoms with van der Waals surface area (Å²) in [5.41, 5.74) is 5.02. The second kappa shape index (κ2) is 4.80. The first-order valence-corrected chi connectivity index (χ1v) is 7.14. The van der Waals surface area contributed by atoms with Gasteiger partial charge in [-0.3, -0.25) is 0 Å². The van der Waals surface area contributed by atoms with Gasteiger partial charge in [0.25, 0.3) is 0 Å². The molecule has 0 amide bonds. The third-order valence-corrected chi connectivity index (χ3v) is 4.14. The molecule has 2 N–H and O–H groups in total. The number of rotatable bonds is 3. The van der Waals surface area contributed by atoms with Gasteiger partial charge >= 0.3 is 0 Å². The smallest absolute Gasteiger partial charge is 0.124 e. The average Bonchev–Trinajstić information content (AvgIpc) is 3.12. The van der Waals surface area contributed by atoms with E-state index in [0.29, 0.717) is 6.04 Å². The van der Waals surface area contributed by atoms with Crippen molar-refractivity contribution in [3.8, 4) is 0 Å². The number of H-pyrrole nitrogens is 1. The molecule has 0 radical (unpaired) electrons. The third kappa shape index (κ3) is 1.93. The molecule has 3 aromatic rings. The number of aromatic amines is 1. The Balaban J connectivity index is 1.64. The van der Waals surface area contributed by atoms with E-state index < -0.39 is 0 Å². The number of fused-ring (bicyclic) bond motifs is 3. The van der Waals surface area contributed by atoms with Gasteiger partial charge in [0.15, 0.2) is 0 Å². The topological polar surface area (TPSA) is 53.9 Å². The number of hydrogen-bond donors (Lipinski definition) is 2. The second-order valence-corrected chi connectivity index (χ2v) is 5.38. The van der Waals surface area contributed by atoms with Gasteiger partial charge in [0.2, 0.25) is 0 Å². The Hall–Kier alpha value is -2.07. The van der Waals surface area contributed by atoms with Crippen LogP contribution in [-0.4, -0.2) is 10.1 Å². The molecule has 102 valence electrons. The van der Waals surface area contributed by atoms with Crippen LogP contribution < -0.4 is 5.32 Å². The van der Waals surface area contributed by atoms with Crippen LogP contribution in [0.4, 0.5) is 0 Å². The van der Waals surface area contributed by atoms with Gasteiger partial charge < -0.3 is 14.8 Å². The highest BCUT2D eigenvalue weighted by Gasteiger charge is 2.23. The van der Waals surface area contributed by atoms with E-state index in [2.05, 4.69) is 39.7 Å². The summed E-state index contributed by atoms with van der Waals surface area (Å²) in [6.45, 7) is 0.746. The van der Waals surface area contributed by atoms with Gasteiger partial charge in [-0.25, -0.2) is 0 Å². The van der Waals surface area contributed by atoms with Crippen LogP contribution >= 0.6 is 0 Å². The molecule has 1 aromatic carbocycles. The van der Waals surface area contributed by atoms with Crippen molar-refractivity contribution in [3.63, 3.8) is 0 Å². The maximum absolute atomic E-state index is 4.87. The summed E-state index contributed by atoms with van der Waals surface area (Å²) in [6.07, 6.45) is 5.18. The number of para-hydroxylation sites is 1. The van der Waals surface area contributed by atoms with Crippen molar-refractivity contribution in [2.45, 2.75) is 31.8 Å². The van der Waals surface area contributed by atoms with E-state index in [1.54, 1.807) is 6.26 Å². The summed E-state index contributed by atoms with van der Waals surface area (Å²) in [6, 6.07) is 10.8. The third-order valence-electron chi connectivity index (χ3n) is 4.14. The number of hydrogen-bond acceptors (Lipinski definition) is 3. The van der Waals surface area contributed by atoms with E-state index >= 15 is 0 Å². The molecule has 1 atom stereocenters. The minimum Gasteiger partial charge on any atom is -0.364 e. The van der Waals surface area contributed by atoms with Gasteiger partial charge in [-0.05, 0) is 30.9 Å². The zero-order valence-electron chi connectivity index (χ0n) is 11.2. The van der Waals surface area contributed by atoms with E-state index in [1.165, 1.54) is 35.0 Å². The van der Waals surface area contributed by atoms with Crippen LogP contribution in [0.25, 0.3) is 10.9 Å². The van der Waals surface area contributed by atoms with Crippen LogP contribution in [0, 0.1) is 0 Å². The van der Waals surface area contributed by atoms with E-state index in [0.717, 1.165) is 18.7 Å². The maximum atomic E-state index is 4.87. The number of benzene rings is 1. The molecule has 4 heteroatoms. The van der Waals surface area contributed by atoms with Gasteiger partial charge in [0, 0.05) is 35.2 Å². The fraction of sp³-hybridized carbons (Fsp3) is 0.312. The first-order chi connectivity index (χ1) is 9.92. The predicted octanol–water partition coefficient (Wildman–Crippen LogP) is 3.32. The largest absolute Gasteiger partial charge is 0.364 e. The minimum absolute atomic E-state index is 0.378. The van der Waals surface area contributed by atoms with Crippen LogP contribution in [0.3, 0.4) is 0 Å². The summed E-state index contributed by atoms with van der Waals surface area (Å²) in [5.74, 6) is 0. The quantitative estimate of drug-likeness (QED) is 0.765. The predicted molar refractivity (Wildman–Crippen MR) is 77.3 cm³/mol. The highest BCUT2D eigenvalue weighted by atomic mass is 16.5. The zero-order valence-corrected chi connectivity index (χ0v) is 11.2. The lowest BCUT2D eigenvalue weighted by atomic mass is 9.91. The Morgan fingerprint density at radius 3 is 3.15 bits per heavy atom. The Labute approximate surface area is 117 Å². The lowest BCUT2D eigenvalue weighted by molar-refractivity contribution is 0.397. The van der Waals surface area contributed by atoms with Gasteiger partial charge in [-0.2, -0.15) is 0 Å². The zero-order chi connectivity index (χ0) is 13.4. The normalized spacial score (nSPS) is 18.3. The van der Waals surface area contributed by atoms with Crippen LogP contribution in [0.15, 0.2) is 41.1 Å². The molecule has 1 unspecified atom stereocenters. The summed E-state index contributed by atoms with van der Waals surface area (Å²) in [4.78, 5) is 3.59. The van der Waals surface area contributed by atoms with Crippen molar-refractivity contribution >= 4 is 10.9 Å².